The number of halogens is 2. The van der Waals surface area contributed by atoms with Gasteiger partial charge in [-0.25, -0.2) is 13.6 Å². The minimum atomic E-state index is -1.47. The molecule has 0 bridgehead atoms. The van der Waals surface area contributed by atoms with E-state index in [9.17, 15) is 19.1 Å². The van der Waals surface area contributed by atoms with Crippen LogP contribution in [0.3, 0.4) is 0 Å². The molecule has 0 spiro atoms. The Bertz CT molecular complexity index is 1030. The zero-order chi connectivity index (χ0) is 20.2. The maximum absolute atomic E-state index is 15.4. The average molecular weight is 393 g/mol. The third-order valence-electron chi connectivity index (χ3n) is 5.58. The Balaban J connectivity index is 1.93. The Kier molecular flexibility index (Phi) is 4.49. The Morgan fingerprint density at radius 2 is 2.07 bits per heavy atom. The number of nitrogens with two attached hydrogens (primary N) is 1. The molecule has 2 heterocycles. The van der Waals surface area contributed by atoms with Crippen molar-refractivity contribution in [2.24, 2.45) is 5.92 Å². The number of hydrogen-bond acceptors (Lipinski definition) is 5. The minimum absolute atomic E-state index is 0.0933. The SMILES string of the molecule is CC(Oc1c(F)c(N)c2c(=O)c(C(=O)O)cn(C3CC3)c2c1F)C1CCNC1. The van der Waals surface area contributed by atoms with Crippen LogP contribution < -0.4 is 21.2 Å². The van der Waals surface area contributed by atoms with Gasteiger partial charge in [0.05, 0.1) is 16.6 Å². The number of rotatable bonds is 5. The number of fused-ring (bicyclic) bond motifs is 1. The predicted molar refractivity (Wildman–Crippen MR) is 98.8 cm³/mol. The molecule has 4 N–H and O–H groups in total. The minimum Gasteiger partial charge on any atom is -0.484 e. The van der Waals surface area contributed by atoms with E-state index in [0.29, 0.717) is 19.4 Å². The monoisotopic (exact) mass is 393 g/mol. The van der Waals surface area contributed by atoms with E-state index >= 15 is 4.39 Å². The van der Waals surface area contributed by atoms with Gasteiger partial charge in [0.2, 0.25) is 5.43 Å². The second-order valence-electron chi connectivity index (χ2n) is 7.49. The summed E-state index contributed by atoms with van der Waals surface area (Å²) in [5, 5.41) is 12.0. The summed E-state index contributed by atoms with van der Waals surface area (Å²) >= 11 is 0. The van der Waals surface area contributed by atoms with Crippen molar-refractivity contribution in [3.8, 4) is 5.75 Å². The summed E-state index contributed by atoms with van der Waals surface area (Å²) in [7, 11) is 0. The number of nitrogens with zero attached hydrogens (tertiary/aromatic N) is 1. The number of carbonyl (C=O) groups is 1. The van der Waals surface area contributed by atoms with Gasteiger partial charge in [0.15, 0.2) is 17.4 Å². The van der Waals surface area contributed by atoms with Gasteiger partial charge in [0, 0.05) is 24.7 Å². The molecule has 1 aliphatic heterocycles. The molecule has 0 amide bonds. The third kappa shape index (κ3) is 2.90. The summed E-state index contributed by atoms with van der Waals surface area (Å²) in [5.41, 5.74) is 3.47. The second kappa shape index (κ2) is 6.73. The van der Waals surface area contributed by atoms with E-state index in [2.05, 4.69) is 5.32 Å². The molecule has 1 aromatic carbocycles. The highest BCUT2D eigenvalue weighted by Crippen LogP contribution is 2.41. The quantitative estimate of drug-likeness (QED) is 0.673. The van der Waals surface area contributed by atoms with Crippen LogP contribution in [-0.4, -0.2) is 34.8 Å². The third-order valence-corrected chi connectivity index (χ3v) is 5.58. The molecule has 2 unspecified atom stereocenters. The van der Waals surface area contributed by atoms with Crippen molar-refractivity contribution in [1.29, 1.82) is 0 Å². The molecule has 28 heavy (non-hydrogen) atoms. The highest BCUT2D eigenvalue weighted by molar-refractivity contribution is 5.98. The van der Waals surface area contributed by atoms with Crippen LogP contribution in [0.2, 0.25) is 0 Å². The molecule has 2 atom stereocenters. The van der Waals surface area contributed by atoms with Gasteiger partial charge >= 0.3 is 5.97 Å². The molecule has 1 aliphatic carbocycles. The molecular weight excluding hydrogens is 372 g/mol. The van der Waals surface area contributed by atoms with Crippen molar-refractivity contribution in [2.75, 3.05) is 18.8 Å². The Morgan fingerprint density at radius 1 is 1.36 bits per heavy atom. The molecule has 1 saturated heterocycles. The van der Waals surface area contributed by atoms with Crippen molar-refractivity contribution < 1.29 is 23.4 Å². The van der Waals surface area contributed by atoms with E-state index in [1.165, 1.54) is 4.57 Å². The Morgan fingerprint density at radius 3 is 2.64 bits per heavy atom. The van der Waals surface area contributed by atoms with Crippen molar-refractivity contribution in [2.45, 2.75) is 38.3 Å². The van der Waals surface area contributed by atoms with Crippen LogP contribution in [0.25, 0.3) is 10.9 Å². The van der Waals surface area contributed by atoms with Gasteiger partial charge in [-0.05, 0) is 32.7 Å². The first kappa shape index (κ1) is 18.7. The first-order valence-electron chi connectivity index (χ1n) is 9.27. The largest absolute Gasteiger partial charge is 0.484 e. The molecule has 9 heteroatoms. The molecule has 1 saturated carbocycles. The molecule has 4 rings (SSSR count). The standard InChI is InChI=1S/C19H21F2N3O4/c1-8(9-4-5-23-6-9)28-18-13(20)15(22)12-16(14(18)21)24(10-2-3-10)7-11(17(12)25)19(26)27/h7-10,23H,2-6,22H2,1H3,(H,26,27). The number of hydrogen-bond donors (Lipinski definition) is 3. The molecule has 0 radical (unpaired) electrons. The number of carboxylic acid groups (broad SMARTS) is 1. The van der Waals surface area contributed by atoms with Crippen LogP contribution in [0, 0.1) is 17.6 Å². The summed E-state index contributed by atoms with van der Waals surface area (Å²) in [6.45, 7) is 3.23. The van der Waals surface area contributed by atoms with E-state index in [1.807, 2.05) is 0 Å². The second-order valence-corrected chi connectivity index (χ2v) is 7.49. The zero-order valence-electron chi connectivity index (χ0n) is 15.3. The Hall–Kier alpha value is -2.68. The van der Waals surface area contributed by atoms with Crippen LogP contribution in [0.15, 0.2) is 11.0 Å². The Labute approximate surface area is 159 Å². The van der Waals surface area contributed by atoms with E-state index in [4.69, 9.17) is 10.5 Å². The van der Waals surface area contributed by atoms with Crippen LogP contribution >= 0.6 is 0 Å². The highest BCUT2D eigenvalue weighted by Gasteiger charge is 2.33. The normalized spacial score (nSPS) is 20.5. The fourth-order valence-corrected chi connectivity index (χ4v) is 3.80. The van der Waals surface area contributed by atoms with Gasteiger partial charge < -0.3 is 25.5 Å². The fraction of sp³-hybridized carbons (Fsp3) is 0.474. The van der Waals surface area contributed by atoms with Gasteiger partial charge in [-0.2, -0.15) is 0 Å². The number of aromatic nitrogens is 1. The summed E-state index contributed by atoms with van der Waals surface area (Å²) < 4.78 is 37.3. The van der Waals surface area contributed by atoms with E-state index in [0.717, 1.165) is 19.2 Å². The maximum Gasteiger partial charge on any atom is 0.341 e. The first-order valence-corrected chi connectivity index (χ1v) is 9.27. The summed E-state index contributed by atoms with van der Waals surface area (Å²) in [6, 6.07) is -0.162. The summed E-state index contributed by atoms with van der Waals surface area (Å²) in [5.74, 6) is -4.20. The topological polar surface area (TPSA) is 107 Å². The molecule has 1 aromatic heterocycles. The van der Waals surface area contributed by atoms with Gasteiger partial charge in [-0.15, -0.1) is 0 Å². The number of pyridine rings is 1. The molecule has 2 fully saturated rings. The predicted octanol–water partition coefficient (Wildman–Crippen LogP) is 2.27. The lowest BCUT2D eigenvalue weighted by molar-refractivity contribution is 0.0695. The van der Waals surface area contributed by atoms with Crippen LogP contribution in [0.4, 0.5) is 14.5 Å². The van der Waals surface area contributed by atoms with Gasteiger partial charge in [-0.3, -0.25) is 4.79 Å². The smallest absolute Gasteiger partial charge is 0.341 e. The molecular formula is C19H21F2N3O4. The summed E-state index contributed by atoms with van der Waals surface area (Å²) in [4.78, 5) is 24.0. The average Bonchev–Trinajstić information content (AvgIpc) is 3.35. The summed E-state index contributed by atoms with van der Waals surface area (Å²) in [6.07, 6.45) is 2.87. The van der Waals surface area contributed by atoms with Crippen LogP contribution in [0.5, 0.6) is 5.75 Å². The number of nitrogens with one attached hydrogen (secondary N) is 1. The van der Waals surface area contributed by atoms with Crippen molar-refractivity contribution in [3.05, 3.63) is 33.6 Å². The highest BCUT2D eigenvalue weighted by atomic mass is 19.1. The number of ether oxygens (including phenoxy) is 1. The lowest BCUT2D eigenvalue weighted by Gasteiger charge is -2.23. The first-order chi connectivity index (χ1) is 13.3. The van der Waals surface area contributed by atoms with E-state index < -0.39 is 51.5 Å². The van der Waals surface area contributed by atoms with E-state index in [-0.39, 0.29) is 17.5 Å². The maximum atomic E-state index is 15.4. The number of anilines is 1. The molecule has 7 nitrogen and oxygen atoms in total. The number of nitrogen functional groups attached to an aromatic ring is 1. The number of carboxylic acids is 1. The zero-order valence-corrected chi connectivity index (χ0v) is 15.3. The van der Waals surface area contributed by atoms with Gasteiger partial charge in [-0.1, -0.05) is 0 Å². The number of benzene rings is 1. The van der Waals surface area contributed by atoms with E-state index in [1.54, 1.807) is 6.92 Å². The van der Waals surface area contributed by atoms with Crippen LogP contribution in [-0.2, 0) is 0 Å². The fourth-order valence-electron chi connectivity index (χ4n) is 3.80. The molecule has 2 aliphatic rings. The van der Waals surface area contributed by atoms with Gasteiger partial charge in [0.25, 0.3) is 0 Å². The van der Waals surface area contributed by atoms with Crippen LogP contribution in [0.1, 0.15) is 42.6 Å². The lowest BCUT2D eigenvalue weighted by Crippen LogP contribution is -2.27. The molecule has 2 aromatic rings. The molecule has 150 valence electrons. The van der Waals surface area contributed by atoms with Crippen molar-refractivity contribution >= 4 is 22.6 Å². The van der Waals surface area contributed by atoms with Crippen molar-refractivity contribution in [3.63, 3.8) is 0 Å². The van der Waals surface area contributed by atoms with Crippen molar-refractivity contribution in [1.82, 2.24) is 9.88 Å². The number of aromatic carboxylic acids is 1. The van der Waals surface area contributed by atoms with Gasteiger partial charge in [0.1, 0.15) is 11.7 Å². The lowest BCUT2D eigenvalue weighted by atomic mass is 10.0.